The van der Waals surface area contributed by atoms with E-state index in [9.17, 15) is 0 Å². The van der Waals surface area contributed by atoms with E-state index >= 15 is 0 Å². The van der Waals surface area contributed by atoms with E-state index in [0.717, 1.165) is 0 Å². The number of phenols is 2. The first-order chi connectivity index (χ1) is 5.75. The summed E-state index contributed by atoms with van der Waals surface area (Å²) >= 11 is 0. The van der Waals surface area contributed by atoms with Crippen LogP contribution in [-0.4, -0.2) is 17.3 Å². The van der Waals surface area contributed by atoms with Gasteiger partial charge >= 0.3 is 0 Å². The quantitative estimate of drug-likeness (QED) is 0.635. The third kappa shape index (κ3) is 2.34. The van der Waals surface area contributed by atoms with Crippen LogP contribution in [0, 0.1) is 0 Å². The fraction of sp³-hybridized carbons (Fsp3) is 0.333. The molecule has 1 aromatic carbocycles. The fourth-order valence-corrected chi connectivity index (χ4v) is 0.675. The number of rotatable bonds is 1. The first-order valence-electron chi connectivity index (χ1n) is 3.80. The van der Waals surface area contributed by atoms with Crippen LogP contribution in [0.15, 0.2) is 18.2 Å². The largest absolute Gasteiger partial charge is 0.504 e. The SMILES string of the molecule is CC.COc1cccc(O)c1O. The lowest BCUT2D eigenvalue weighted by molar-refractivity contribution is 0.351. The highest BCUT2D eigenvalue weighted by atomic mass is 16.5. The van der Waals surface area contributed by atoms with Crippen LogP contribution >= 0.6 is 0 Å². The molecule has 0 bridgehead atoms. The second-order valence-electron chi connectivity index (χ2n) is 1.83. The minimum Gasteiger partial charge on any atom is -0.504 e. The van der Waals surface area contributed by atoms with Crippen molar-refractivity contribution in [3.8, 4) is 17.2 Å². The van der Waals surface area contributed by atoms with Gasteiger partial charge in [0.15, 0.2) is 17.2 Å². The number of para-hydroxylation sites is 1. The zero-order valence-corrected chi connectivity index (χ0v) is 7.53. The summed E-state index contributed by atoms with van der Waals surface area (Å²) in [6, 6.07) is 4.54. The average Bonchev–Trinajstić information content (AvgIpc) is 2.13. The molecule has 0 atom stereocenters. The van der Waals surface area contributed by atoms with Crippen LogP contribution in [0.1, 0.15) is 13.8 Å². The minimum atomic E-state index is -0.218. The predicted molar refractivity (Wildman–Crippen MR) is 47.7 cm³/mol. The maximum atomic E-state index is 9.02. The Morgan fingerprint density at radius 3 is 2.17 bits per heavy atom. The molecule has 0 amide bonds. The van der Waals surface area contributed by atoms with E-state index in [1.807, 2.05) is 13.8 Å². The highest BCUT2D eigenvalue weighted by molar-refractivity contribution is 5.48. The first kappa shape index (κ1) is 10.6. The molecule has 12 heavy (non-hydrogen) atoms. The summed E-state index contributed by atoms with van der Waals surface area (Å²) in [4.78, 5) is 0. The summed E-state index contributed by atoms with van der Waals surface area (Å²) in [5.74, 6) is -0.107. The number of aromatic hydroxyl groups is 2. The number of methoxy groups -OCH3 is 1. The topological polar surface area (TPSA) is 49.7 Å². The van der Waals surface area contributed by atoms with Crippen molar-refractivity contribution < 1.29 is 14.9 Å². The smallest absolute Gasteiger partial charge is 0.200 e. The lowest BCUT2D eigenvalue weighted by Gasteiger charge is -2.02. The van der Waals surface area contributed by atoms with Crippen LogP contribution in [0.4, 0.5) is 0 Å². The van der Waals surface area contributed by atoms with Crippen molar-refractivity contribution >= 4 is 0 Å². The number of ether oxygens (including phenoxy) is 1. The molecule has 0 saturated carbocycles. The van der Waals surface area contributed by atoms with Gasteiger partial charge < -0.3 is 14.9 Å². The normalized spacial score (nSPS) is 8.25. The zero-order valence-electron chi connectivity index (χ0n) is 7.53. The monoisotopic (exact) mass is 170 g/mol. The second-order valence-corrected chi connectivity index (χ2v) is 1.83. The summed E-state index contributed by atoms with van der Waals surface area (Å²) < 4.78 is 4.72. The molecule has 0 aromatic heterocycles. The molecule has 3 nitrogen and oxygen atoms in total. The van der Waals surface area contributed by atoms with E-state index in [1.54, 1.807) is 12.1 Å². The lowest BCUT2D eigenvalue weighted by Crippen LogP contribution is -1.82. The summed E-state index contributed by atoms with van der Waals surface area (Å²) in [7, 11) is 1.43. The van der Waals surface area contributed by atoms with Crippen molar-refractivity contribution in [1.82, 2.24) is 0 Å². The molecule has 0 saturated heterocycles. The standard InChI is InChI=1S/C7H8O3.C2H6/c1-10-6-4-2-3-5(8)7(6)9;1-2/h2-4,8-9H,1H3;1-2H3. The van der Waals surface area contributed by atoms with Gasteiger partial charge in [0.2, 0.25) is 0 Å². The van der Waals surface area contributed by atoms with Crippen molar-refractivity contribution in [1.29, 1.82) is 0 Å². The number of hydrogen-bond acceptors (Lipinski definition) is 3. The third-order valence-corrected chi connectivity index (χ3v) is 1.20. The van der Waals surface area contributed by atoms with Crippen LogP contribution in [0.2, 0.25) is 0 Å². The predicted octanol–water partition coefficient (Wildman–Crippen LogP) is 2.13. The van der Waals surface area contributed by atoms with Crippen molar-refractivity contribution in [2.45, 2.75) is 13.8 Å². The van der Waals surface area contributed by atoms with E-state index in [1.165, 1.54) is 13.2 Å². The van der Waals surface area contributed by atoms with Gasteiger partial charge in [-0.05, 0) is 12.1 Å². The summed E-state index contributed by atoms with van der Waals surface area (Å²) in [6.07, 6.45) is 0. The molecule has 0 radical (unpaired) electrons. The Morgan fingerprint density at radius 2 is 1.75 bits per heavy atom. The first-order valence-corrected chi connectivity index (χ1v) is 3.80. The lowest BCUT2D eigenvalue weighted by atomic mass is 10.3. The van der Waals surface area contributed by atoms with Crippen LogP contribution < -0.4 is 4.74 Å². The second kappa shape index (κ2) is 5.29. The van der Waals surface area contributed by atoms with Crippen LogP contribution in [0.25, 0.3) is 0 Å². The van der Waals surface area contributed by atoms with Gasteiger partial charge in [0.05, 0.1) is 7.11 Å². The maximum absolute atomic E-state index is 9.02. The summed E-state index contributed by atoms with van der Waals surface area (Å²) in [5, 5.41) is 17.9. The Labute approximate surface area is 72.2 Å². The van der Waals surface area contributed by atoms with Gasteiger partial charge in [-0.25, -0.2) is 0 Å². The van der Waals surface area contributed by atoms with E-state index < -0.39 is 0 Å². The van der Waals surface area contributed by atoms with E-state index in [0.29, 0.717) is 0 Å². The van der Waals surface area contributed by atoms with Crippen LogP contribution in [0.3, 0.4) is 0 Å². The summed E-state index contributed by atoms with van der Waals surface area (Å²) in [6.45, 7) is 4.00. The van der Waals surface area contributed by atoms with Crippen LogP contribution in [-0.2, 0) is 0 Å². The van der Waals surface area contributed by atoms with Gasteiger partial charge in [-0.15, -0.1) is 0 Å². The molecular weight excluding hydrogens is 156 g/mol. The maximum Gasteiger partial charge on any atom is 0.200 e. The molecule has 0 spiro atoms. The molecule has 0 heterocycles. The van der Waals surface area contributed by atoms with Gasteiger partial charge in [0.1, 0.15) is 0 Å². The van der Waals surface area contributed by atoms with Gasteiger partial charge in [0, 0.05) is 0 Å². The Kier molecular flexibility index (Phi) is 4.69. The molecule has 2 N–H and O–H groups in total. The van der Waals surface area contributed by atoms with Crippen molar-refractivity contribution in [3.63, 3.8) is 0 Å². The number of benzene rings is 1. The zero-order chi connectivity index (χ0) is 9.56. The number of phenolic OH excluding ortho intramolecular Hbond substituents is 2. The fourth-order valence-electron chi connectivity index (χ4n) is 0.675. The molecule has 0 fully saturated rings. The molecule has 0 aliphatic rings. The van der Waals surface area contributed by atoms with Gasteiger partial charge in [-0.1, -0.05) is 19.9 Å². The molecule has 0 aliphatic carbocycles. The Morgan fingerprint density at radius 1 is 1.17 bits per heavy atom. The van der Waals surface area contributed by atoms with E-state index in [4.69, 9.17) is 14.9 Å². The highest BCUT2D eigenvalue weighted by Crippen LogP contribution is 2.33. The Hall–Kier alpha value is -1.38. The van der Waals surface area contributed by atoms with Gasteiger partial charge in [-0.3, -0.25) is 0 Å². The van der Waals surface area contributed by atoms with E-state index in [-0.39, 0.29) is 17.2 Å². The highest BCUT2D eigenvalue weighted by Gasteiger charge is 2.03. The number of hydrogen-bond donors (Lipinski definition) is 2. The Bertz CT molecular complexity index is 233. The minimum absolute atomic E-state index is 0.167. The van der Waals surface area contributed by atoms with Gasteiger partial charge in [-0.2, -0.15) is 0 Å². The molecule has 3 heteroatoms. The van der Waals surface area contributed by atoms with Crippen molar-refractivity contribution in [3.05, 3.63) is 18.2 Å². The van der Waals surface area contributed by atoms with Crippen molar-refractivity contribution in [2.24, 2.45) is 0 Å². The third-order valence-electron chi connectivity index (χ3n) is 1.20. The molecular formula is C9H14O3. The molecule has 0 aliphatic heterocycles. The Balaban J connectivity index is 0.000000561. The molecule has 68 valence electrons. The van der Waals surface area contributed by atoms with E-state index in [2.05, 4.69) is 0 Å². The molecule has 0 unspecified atom stereocenters. The molecule has 1 rings (SSSR count). The molecule has 1 aromatic rings. The summed E-state index contributed by atoms with van der Waals surface area (Å²) in [5.41, 5.74) is 0. The average molecular weight is 170 g/mol. The van der Waals surface area contributed by atoms with Crippen molar-refractivity contribution in [2.75, 3.05) is 7.11 Å². The van der Waals surface area contributed by atoms with Crippen LogP contribution in [0.5, 0.6) is 17.2 Å². The van der Waals surface area contributed by atoms with Gasteiger partial charge in [0.25, 0.3) is 0 Å².